The summed E-state index contributed by atoms with van der Waals surface area (Å²) in [6, 6.07) is 17.3. The van der Waals surface area contributed by atoms with Crippen molar-refractivity contribution in [2.24, 2.45) is 0 Å². The van der Waals surface area contributed by atoms with Gasteiger partial charge in [-0.05, 0) is 49.2 Å². The Kier molecular flexibility index (Phi) is 4.60. The van der Waals surface area contributed by atoms with Gasteiger partial charge in [0.05, 0.1) is 5.56 Å². The maximum absolute atomic E-state index is 13.3. The van der Waals surface area contributed by atoms with Crippen LogP contribution in [0.3, 0.4) is 0 Å². The third-order valence-electron chi connectivity index (χ3n) is 5.29. The molecule has 1 aliphatic carbocycles. The molecule has 0 spiro atoms. The van der Waals surface area contributed by atoms with Crippen molar-refractivity contribution in [3.05, 3.63) is 88.7 Å². The van der Waals surface area contributed by atoms with Crippen LogP contribution in [0.15, 0.2) is 67.0 Å². The van der Waals surface area contributed by atoms with Crippen molar-refractivity contribution >= 4 is 23.2 Å². The number of para-hydroxylation sites is 1. The van der Waals surface area contributed by atoms with Gasteiger partial charge >= 0.3 is 0 Å². The first-order chi connectivity index (χ1) is 14.2. The number of nitrogens with one attached hydrogen (secondary N) is 1. The zero-order chi connectivity index (χ0) is 19.8. The molecule has 2 aromatic carbocycles. The van der Waals surface area contributed by atoms with Crippen LogP contribution < -0.4 is 10.1 Å². The van der Waals surface area contributed by atoms with E-state index in [4.69, 9.17) is 16.3 Å². The number of carbonyl (C=O) groups excluding carboxylic acids is 1. The van der Waals surface area contributed by atoms with Crippen molar-refractivity contribution in [1.29, 1.82) is 0 Å². The smallest absolute Gasteiger partial charge is 0.258 e. The largest absolute Gasteiger partial charge is 0.488 e. The third kappa shape index (κ3) is 3.54. The average molecular weight is 406 g/mol. The predicted octanol–water partition coefficient (Wildman–Crippen LogP) is 5.04. The van der Waals surface area contributed by atoms with E-state index in [2.05, 4.69) is 10.3 Å². The molecule has 6 heteroatoms. The van der Waals surface area contributed by atoms with Crippen LogP contribution in [0.2, 0.25) is 5.02 Å². The van der Waals surface area contributed by atoms with Gasteiger partial charge in [-0.25, -0.2) is 0 Å². The van der Waals surface area contributed by atoms with Gasteiger partial charge in [-0.15, -0.1) is 0 Å². The number of hydrogen-bond acceptors (Lipinski definition) is 4. The molecular formula is C23H20ClN3O2. The lowest BCUT2D eigenvalue weighted by Gasteiger charge is -2.39. The molecular weight excluding hydrogens is 386 g/mol. The summed E-state index contributed by atoms with van der Waals surface area (Å²) in [5.41, 5.74) is 3.37. The van der Waals surface area contributed by atoms with Gasteiger partial charge in [0.1, 0.15) is 18.5 Å². The third-order valence-corrected chi connectivity index (χ3v) is 5.52. The molecule has 1 N–H and O–H groups in total. The van der Waals surface area contributed by atoms with E-state index in [1.54, 1.807) is 12.4 Å². The van der Waals surface area contributed by atoms with Crippen LogP contribution >= 0.6 is 11.6 Å². The number of rotatable bonds is 5. The minimum Gasteiger partial charge on any atom is -0.488 e. The van der Waals surface area contributed by atoms with E-state index in [0.29, 0.717) is 22.9 Å². The van der Waals surface area contributed by atoms with Crippen LogP contribution in [0.25, 0.3) is 0 Å². The van der Waals surface area contributed by atoms with Gasteiger partial charge < -0.3 is 15.0 Å². The summed E-state index contributed by atoms with van der Waals surface area (Å²) >= 11 is 6.34. The Hall–Kier alpha value is -3.05. The second-order valence-corrected chi connectivity index (χ2v) is 7.80. The Bertz CT molecular complexity index is 1050. The van der Waals surface area contributed by atoms with Gasteiger partial charge in [0.25, 0.3) is 5.91 Å². The predicted molar refractivity (Wildman–Crippen MR) is 112 cm³/mol. The molecule has 0 bridgehead atoms. The topological polar surface area (TPSA) is 54.5 Å². The molecule has 1 saturated carbocycles. The summed E-state index contributed by atoms with van der Waals surface area (Å²) in [5.74, 6) is 0.749. The van der Waals surface area contributed by atoms with E-state index in [1.165, 1.54) is 0 Å². The summed E-state index contributed by atoms with van der Waals surface area (Å²) in [6.45, 7) is 0.392. The zero-order valence-corrected chi connectivity index (χ0v) is 16.5. The molecule has 146 valence electrons. The minimum atomic E-state index is -0.326. The lowest BCUT2D eigenvalue weighted by Crippen LogP contribution is -2.44. The van der Waals surface area contributed by atoms with Crippen molar-refractivity contribution in [1.82, 2.24) is 9.88 Å². The number of pyridine rings is 1. The highest BCUT2D eigenvalue weighted by molar-refractivity contribution is 6.30. The van der Waals surface area contributed by atoms with Gasteiger partial charge in [-0.2, -0.15) is 0 Å². The van der Waals surface area contributed by atoms with Crippen LogP contribution in [0.4, 0.5) is 5.69 Å². The number of ether oxygens (including phenoxy) is 1. The Labute approximate surface area is 174 Å². The summed E-state index contributed by atoms with van der Waals surface area (Å²) < 4.78 is 6.13. The first-order valence-electron chi connectivity index (χ1n) is 9.70. The van der Waals surface area contributed by atoms with Crippen molar-refractivity contribution in [2.45, 2.75) is 31.7 Å². The van der Waals surface area contributed by atoms with Crippen LogP contribution in [-0.2, 0) is 6.61 Å². The fourth-order valence-electron chi connectivity index (χ4n) is 3.73. The molecule has 0 unspecified atom stereocenters. The Morgan fingerprint density at radius 1 is 1.14 bits per heavy atom. The first kappa shape index (κ1) is 18.0. The number of nitrogens with zero attached hydrogens (tertiary/aromatic N) is 2. The van der Waals surface area contributed by atoms with E-state index in [1.807, 2.05) is 59.5 Å². The lowest BCUT2D eigenvalue weighted by atomic mass is 10.0. The molecule has 1 fully saturated rings. The molecule has 1 aromatic heterocycles. The fourth-order valence-corrected chi connectivity index (χ4v) is 3.92. The monoisotopic (exact) mass is 405 g/mol. The van der Waals surface area contributed by atoms with Crippen LogP contribution in [0.1, 0.15) is 40.5 Å². The summed E-state index contributed by atoms with van der Waals surface area (Å²) in [6.07, 6.45) is 5.22. The number of hydrogen-bond donors (Lipinski definition) is 1. The van der Waals surface area contributed by atoms with E-state index in [0.717, 1.165) is 29.7 Å². The van der Waals surface area contributed by atoms with Crippen molar-refractivity contribution in [3.63, 3.8) is 0 Å². The SMILES string of the molecule is O=C1c2ccccc2N[C@H](c2cc(Cl)ccc2OCc2cccnc2)N1C1CC1. The zero-order valence-electron chi connectivity index (χ0n) is 15.7. The molecule has 0 radical (unpaired) electrons. The van der Waals surface area contributed by atoms with Crippen LogP contribution in [-0.4, -0.2) is 21.8 Å². The lowest BCUT2D eigenvalue weighted by molar-refractivity contribution is 0.0663. The normalized spacial score (nSPS) is 18.2. The highest BCUT2D eigenvalue weighted by atomic mass is 35.5. The molecule has 2 heterocycles. The molecule has 0 saturated heterocycles. The summed E-state index contributed by atoms with van der Waals surface area (Å²) in [4.78, 5) is 19.3. The number of fused-ring (bicyclic) bond motifs is 1. The average Bonchev–Trinajstić information content (AvgIpc) is 3.58. The van der Waals surface area contributed by atoms with Gasteiger partial charge in [0.2, 0.25) is 0 Å². The Morgan fingerprint density at radius 2 is 2.00 bits per heavy atom. The minimum absolute atomic E-state index is 0.0463. The van der Waals surface area contributed by atoms with E-state index in [9.17, 15) is 4.79 Å². The summed E-state index contributed by atoms with van der Waals surface area (Å²) in [5, 5.41) is 4.14. The van der Waals surface area contributed by atoms with Crippen LogP contribution in [0.5, 0.6) is 5.75 Å². The molecule has 5 nitrogen and oxygen atoms in total. The summed E-state index contributed by atoms with van der Waals surface area (Å²) in [7, 11) is 0. The Balaban J connectivity index is 1.52. The molecule has 3 aromatic rings. The number of anilines is 1. The number of aromatic nitrogens is 1. The van der Waals surface area contributed by atoms with Crippen LogP contribution in [0, 0.1) is 0 Å². The number of carbonyl (C=O) groups is 1. The molecule has 2 aliphatic rings. The molecule has 1 amide bonds. The maximum atomic E-state index is 13.3. The number of benzene rings is 2. The van der Waals surface area contributed by atoms with Gasteiger partial charge in [0.15, 0.2) is 0 Å². The highest BCUT2D eigenvalue weighted by Gasteiger charge is 2.42. The van der Waals surface area contributed by atoms with Gasteiger partial charge in [-0.1, -0.05) is 29.8 Å². The number of halogens is 1. The standard InChI is InChI=1S/C23H20ClN3O2/c24-16-7-10-21(29-14-15-4-3-11-25-13-15)19(12-16)22-26-20-6-2-1-5-18(20)23(28)27(22)17-8-9-17/h1-7,10-13,17,22,26H,8-9,14H2/t22-/m0/s1. The quantitative estimate of drug-likeness (QED) is 0.645. The Morgan fingerprint density at radius 3 is 2.79 bits per heavy atom. The number of amides is 1. The first-order valence-corrected chi connectivity index (χ1v) is 10.1. The fraction of sp³-hybridized carbons (Fsp3) is 0.217. The van der Waals surface area contributed by atoms with E-state index < -0.39 is 0 Å². The second-order valence-electron chi connectivity index (χ2n) is 7.37. The molecule has 1 atom stereocenters. The maximum Gasteiger partial charge on any atom is 0.258 e. The van der Waals surface area contributed by atoms with Crippen molar-refractivity contribution in [3.8, 4) is 5.75 Å². The van der Waals surface area contributed by atoms with E-state index >= 15 is 0 Å². The van der Waals surface area contributed by atoms with Gasteiger partial charge in [-0.3, -0.25) is 9.78 Å². The van der Waals surface area contributed by atoms with Crippen molar-refractivity contribution < 1.29 is 9.53 Å². The van der Waals surface area contributed by atoms with Gasteiger partial charge in [0, 0.05) is 40.3 Å². The highest BCUT2D eigenvalue weighted by Crippen LogP contribution is 2.43. The molecule has 5 rings (SSSR count). The van der Waals surface area contributed by atoms with Crippen molar-refractivity contribution in [2.75, 3.05) is 5.32 Å². The molecule has 29 heavy (non-hydrogen) atoms. The van der Waals surface area contributed by atoms with E-state index in [-0.39, 0.29) is 18.1 Å². The second kappa shape index (κ2) is 7.41. The molecule has 1 aliphatic heterocycles.